The molecular weight excluding hydrogens is 440 g/mol. The summed E-state index contributed by atoms with van der Waals surface area (Å²) in [6, 6.07) is 14.9. The van der Waals surface area contributed by atoms with Crippen molar-refractivity contribution in [2.75, 3.05) is 25.2 Å². The number of hydrogen-bond donors (Lipinski definition) is 1. The standard InChI is InChI=1S/C24H26N4O4S/c1-17-5-7-19(14-23(17)33(29,30)28-11-3-2-4-12-28)20-8-10-24(27-26-20)25-15-18-6-9-21-22(13-18)32-16-31-21/h5-10,13-14H,2-4,11-12,15-16H2,1H3,(H,25,27). The Kier molecular flexibility index (Phi) is 5.90. The zero-order valence-electron chi connectivity index (χ0n) is 18.5. The summed E-state index contributed by atoms with van der Waals surface area (Å²) in [5, 5.41) is 11.8. The van der Waals surface area contributed by atoms with E-state index in [-0.39, 0.29) is 6.79 Å². The number of nitrogens with zero attached hydrogens (tertiary/aromatic N) is 3. The predicted molar refractivity (Wildman–Crippen MR) is 125 cm³/mol. The van der Waals surface area contributed by atoms with Crippen molar-refractivity contribution in [3.63, 3.8) is 0 Å². The van der Waals surface area contributed by atoms with Gasteiger partial charge < -0.3 is 14.8 Å². The van der Waals surface area contributed by atoms with Gasteiger partial charge >= 0.3 is 0 Å². The minimum Gasteiger partial charge on any atom is -0.454 e. The van der Waals surface area contributed by atoms with Gasteiger partial charge in [0, 0.05) is 25.2 Å². The molecule has 0 amide bonds. The average Bonchev–Trinajstić information content (AvgIpc) is 3.32. The number of piperidine rings is 1. The molecule has 1 N–H and O–H groups in total. The van der Waals surface area contributed by atoms with Crippen molar-refractivity contribution in [1.29, 1.82) is 0 Å². The van der Waals surface area contributed by atoms with E-state index in [1.165, 1.54) is 0 Å². The van der Waals surface area contributed by atoms with Crippen molar-refractivity contribution < 1.29 is 17.9 Å². The van der Waals surface area contributed by atoms with Gasteiger partial charge in [-0.05, 0) is 61.2 Å². The maximum absolute atomic E-state index is 13.2. The number of rotatable bonds is 6. The third kappa shape index (κ3) is 4.51. The number of aryl methyl sites for hydroxylation is 1. The normalized spacial score (nSPS) is 16.0. The molecule has 0 radical (unpaired) electrons. The van der Waals surface area contributed by atoms with E-state index >= 15 is 0 Å². The van der Waals surface area contributed by atoms with Crippen LogP contribution in [0.15, 0.2) is 53.4 Å². The lowest BCUT2D eigenvalue weighted by molar-refractivity contribution is 0.174. The van der Waals surface area contributed by atoms with Crippen LogP contribution in [0.1, 0.15) is 30.4 Å². The first-order chi connectivity index (χ1) is 16.0. The molecule has 0 atom stereocenters. The van der Waals surface area contributed by atoms with E-state index in [0.29, 0.717) is 36.0 Å². The zero-order chi connectivity index (χ0) is 22.8. The first-order valence-electron chi connectivity index (χ1n) is 11.1. The Morgan fingerprint density at radius 2 is 1.76 bits per heavy atom. The predicted octanol–water partition coefficient (Wildman–Crippen LogP) is 3.97. The van der Waals surface area contributed by atoms with E-state index < -0.39 is 10.0 Å². The number of hydrogen-bond acceptors (Lipinski definition) is 7. The Morgan fingerprint density at radius 1 is 0.939 bits per heavy atom. The molecule has 0 unspecified atom stereocenters. The molecule has 3 heterocycles. The molecule has 1 fully saturated rings. The molecular formula is C24H26N4O4S. The first-order valence-corrected chi connectivity index (χ1v) is 12.5. The zero-order valence-corrected chi connectivity index (χ0v) is 19.3. The van der Waals surface area contributed by atoms with Crippen molar-refractivity contribution in [2.45, 2.75) is 37.6 Å². The smallest absolute Gasteiger partial charge is 0.243 e. The average molecular weight is 467 g/mol. The molecule has 3 aromatic rings. The van der Waals surface area contributed by atoms with Crippen LogP contribution < -0.4 is 14.8 Å². The topological polar surface area (TPSA) is 93.6 Å². The lowest BCUT2D eigenvalue weighted by Gasteiger charge is -2.26. The van der Waals surface area contributed by atoms with Gasteiger partial charge in [0.25, 0.3) is 0 Å². The van der Waals surface area contributed by atoms with Gasteiger partial charge in [-0.25, -0.2) is 8.42 Å². The van der Waals surface area contributed by atoms with Gasteiger partial charge in [-0.15, -0.1) is 10.2 Å². The van der Waals surface area contributed by atoms with Crippen molar-refractivity contribution in [2.24, 2.45) is 0 Å². The van der Waals surface area contributed by atoms with Crippen molar-refractivity contribution in [1.82, 2.24) is 14.5 Å². The Bertz CT molecular complexity index is 1260. The van der Waals surface area contributed by atoms with E-state index in [4.69, 9.17) is 9.47 Å². The summed E-state index contributed by atoms with van der Waals surface area (Å²) in [5.41, 5.74) is 3.13. The third-order valence-corrected chi connectivity index (χ3v) is 8.03. The molecule has 33 heavy (non-hydrogen) atoms. The maximum Gasteiger partial charge on any atom is 0.243 e. The first kappa shape index (κ1) is 21.7. The molecule has 2 aliphatic heterocycles. The highest BCUT2D eigenvalue weighted by Gasteiger charge is 2.27. The van der Waals surface area contributed by atoms with Crippen LogP contribution in [0, 0.1) is 6.92 Å². The van der Waals surface area contributed by atoms with Crippen LogP contribution in [0.5, 0.6) is 11.5 Å². The van der Waals surface area contributed by atoms with Gasteiger partial charge in [0.2, 0.25) is 16.8 Å². The second-order valence-electron chi connectivity index (χ2n) is 8.29. The molecule has 9 heteroatoms. The number of sulfonamides is 1. The molecule has 2 aromatic carbocycles. The van der Waals surface area contributed by atoms with Crippen LogP contribution in [0.25, 0.3) is 11.3 Å². The summed E-state index contributed by atoms with van der Waals surface area (Å²) in [5.74, 6) is 2.12. The minimum absolute atomic E-state index is 0.249. The number of aromatic nitrogens is 2. The number of nitrogens with one attached hydrogen (secondary N) is 1. The van der Waals surface area contributed by atoms with Gasteiger partial charge in [-0.1, -0.05) is 24.6 Å². The Hall–Kier alpha value is -3.17. The molecule has 0 bridgehead atoms. The van der Waals surface area contributed by atoms with Gasteiger partial charge in [0.05, 0.1) is 10.6 Å². The van der Waals surface area contributed by atoms with Gasteiger partial charge in [-0.3, -0.25) is 0 Å². The molecule has 8 nitrogen and oxygen atoms in total. The number of fused-ring (bicyclic) bond motifs is 1. The highest BCUT2D eigenvalue weighted by Crippen LogP contribution is 2.33. The summed E-state index contributed by atoms with van der Waals surface area (Å²) >= 11 is 0. The molecule has 0 spiro atoms. The lowest BCUT2D eigenvalue weighted by Crippen LogP contribution is -2.35. The van der Waals surface area contributed by atoms with E-state index in [9.17, 15) is 8.42 Å². The molecule has 172 valence electrons. The van der Waals surface area contributed by atoms with Crippen LogP contribution in [0.3, 0.4) is 0 Å². The lowest BCUT2D eigenvalue weighted by atomic mass is 10.1. The number of ether oxygens (including phenoxy) is 2. The van der Waals surface area contributed by atoms with Crippen LogP contribution >= 0.6 is 0 Å². The van der Waals surface area contributed by atoms with Crippen molar-refractivity contribution in [3.05, 3.63) is 59.7 Å². The quantitative estimate of drug-likeness (QED) is 0.587. The monoisotopic (exact) mass is 466 g/mol. The van der Waals surface area contributed by atoms with E-state index in [0.717, 1.165) is 47.5 Å². The van der Waals surface area contributed by atoms with Gasteiger partial charge in [-0.2, -0.15) is 4.31 Å². The van der Waals surface area contributed by atoms with Crippen LogP contribution in [0.2, 0.25) is 0 Å². The van der Waals surface area contributed by atoms with Crippen molar-refractivity contribution in [3.8, 4) is 22.8 Å². The van der Waals surface area contributed by atoms with E-state index in [1.807, 2.05) is 49.4 Å². The second-order valence-corrected chi connectivity index (χ2v) is 10.2. The second kappa shape index (κ2) is 8.99. The van der Waals surface area contributed by atoms with Crippen LogP contribution in [0.4, 0.5) is 5.82 Å². The summed E-state index contributed by atoms with van der Waals surface area (Å²) < 4.78 is 38.7. The summed E-state index contributed by atoms with van der Waals surface area (Å²) in [7, 11) is -3.52. The fourth-order valence-electron chi connectivity index (χ4n) is 4.11. The minimum atomic E-state index is -3.52. The van der Waals surface area contributed by atoms with Gasteiger partial charge in [0.1, 0.15) is 5.82 Å². The largest absolute Gasteiger partial charge is 0.454 e. The van der Waals surface area contributed by atoms with Gasteiger partial charge in [0.15, 0.2) is 11.5 Å². The molecule has 0 saturated carbocycles. The third-order valence-electron chi connectivity index (χ3n) is 5.99. The SMILES string of the molecule is Cc1ccc(-c2ccc(NCc3ccc4c(c3)OCO4)nn2)cc1S(=O)(=O)N1CCCCC1. The Labute approximate surface area is 193 Å². The summed E-state index contributed by atoms with van der Waals surface area (Å²) in [6.07, 6.45) is 2.89. The molecule has 1 aromatic heterocycles. The Morgan fingerprint density at radius 3 is 2.55 bits per heavy atom. The molecule has 0 aliphatic carbocycles. The molecule has 2 aliphatic rings. The summed E-state index contributed by atoms with van der Waals surface area (Å²) in [4.78, 5) is 0.341. The van der Waals surface area contributed by atoms with E-state index in [1.54, 1.807) is 10.4 Å². The fraction of sp³-hybridized carbons (Fsp3) is 0.333. The number of anilines is 1. The van der Waals surface area contributed by atoms with Crippen LogP contribution in [-0.4, -0.2) is 42.8 Å². The molecule has 5 rings (SSSR count). The molecule has 1 saturated heterocycles. The fourth-order valence-corrected chi connectivity index (χ4v) is 5.87. The maximum atomic E-state index is 13.2. The van der Waals surface area contributed by atoms with Crippen LogP contribution in [-0.2, 0) is 16.6 Å². The highest BCUT2D eigenvalue weighted by atomic mass is 32.2. The number of benzene rings is 2. The van der Waals surface area contributed by atoms with E-state index in [2.05, 4.69) is 15.5 Å². The highest BCUT2D eigenvalue weighted by molar-refractivity contribution is 7.89. The summed E-state index contributed by atoms with van der Waals surface area (Å²) in [6.45, 7) is 3.80. The van der Waals surface area contributed by atoms with Crippen molar-refractivity contribution >= 4 is 15.8 Å². The Balaban J connectivity index is 1.31.